The van der Waals surface area contributed by atoms with E-state index in [1.807, 2.05) is 0 Å². The van der Waals surface area contributed by atoms with Crippen LogP contribution in [0.3, 0.4) is 0 Å². The first kappa shape index (κ1) is 32.6. The van der Waals surface area contributed by atoms with E-state index in [4.69, 9.17) is 0 Å². The molecule has 0 bridgehead atoms. The van der Waals surface area contributed by atoms with Gasteiger partial charge in [-0.25, -0.2) is 0 Å². The molecule has 0 saturated heterocycles. The molecule has 0 aliphatic carbocycles. The third-order valence-corrected chi connectivity index (χ3v) is 8.59. The smallest absolute Gasteiger partial charge is 0.799 e. The quantitative estimate of drug-likeness (QED) is 0.159. The van der Waals surface area contributed by atoms with Crippen molar-refractivity contribution in [3.63, 3.8) is 0 Å². The Labute approximate surface area is 180 Å². The molecule has 166 valence electrons. The van der Waals surface area contributed by atoms with Crippen molar-refractivity contribution < 1.29 is 36.0 Å². The van der Waals surface area contributed by atoms with Crippen LogP contribution in [0, 0.1) is 0 Å². The van der Waals surface area contributed by atoms with Crippen molar-refractivity contribution in [2.45, 2.75) is 105 Å². The summed E-state index contributed by atoms with van der Waals surface area (Å²) in [5.41, 5.74) is 0. The largest absolute Gasteiger partial charge is 2.00 e. The van der Waals surface area contributed by atoms with E-state index in [0.29, 0.717) is 24.6 Å². The first-order valence-electron chi connectivity index (χ1n) is 10.8. The minimum Gasteiger partial charge on any atom is -0.799 e. The normalized spacial score (nSPS) is 15.0. The maximum Gasteiger partial charge on any atom is 2.00 e. The number of hydrogen-bond acceptors (Lipinski definition) is 4. The molecule has 0 rings (SSSR count). The van der Waals surface area contributed by atoms with E-state index in [0.717, 1.165) is 25.7 Å². The van der Waals surface area contributed by atoms with E-state index >= 15 is 0 Å². The predicted molar refractivity (Wildman–Crippen MR) is 113 cm³/mol. The Morgan fingerprint density at radius 2 is 0.778 bits per heavy atom. The molecular weight excluding hydrogens is 422 g/mol. The van der Waals surface area contributed by atoms with Gasteiger partial charge < -0.3 is 18.9 Å². The number of unbranched alkanes of at least 4 members (excludes halogenated alkanes) is 10. The molecule has 0 aliphatic heterocycles. The minimum atomic E-state index is -2.98. The van der Waals surface area contributed by atoms with Gasteiger partial charge in [0.05, 0.1) is 0 Å². The van der Waals surface area contributed by atoms with Crippen molar-refractivity contribution in [1.29, 1.82) is 0 Å². The van der Waals surface area contributed by atoms with Crippen molar-refractivity contribution in [3.8, 4) is 0 Å². The zero-order chi connectivity index (χ0) is 20.3. The second kappa shape index (κ2) is 21.6. The molecule has 4 nitrogen and oxygen atoms in total. The molecule has 0 amide bonds. The van der Waals surface area contributed by atoms with Gasteiger partial charge in [0.1, 0.15) is 0 Å². The Morgan fingerprint density at radius 1 is 0.519 bits per heavy atom. The van der Waals surface area contributed by atoms with Gasteiger partial charge >= 0.3 is 17.1 Å². The summed E-state index contributed by atoms with van der Waals surface area (Å²) in [5, 5.41) is 0. The van der Waals surface area contributed by atoms with Crippen LogP contribution in [0.5, 0.6) is 0 Å². The van der Waals surface area contributed by atoms with Crippen molar-refractivity contribution in [2.75, 3.05) is 24.6 Å². The predicted octanol–water partition coefficient (Wildman–Crippen LogP) is 6.01. The molecule has 0 radical (unpaired) electrons. The van der Waals surface area contributed by atoms with Gasteiger partial charge in [-0.2, -0.15) is 0 Å². The zero-order valence-corrected chi connectivity index (χ0v) is 21.1. The van der Waals surface area contributed by atoms with E-state index < -0.39 is 14.7 Å². The molecule has 0 heterocycles. The molecule has 7 heteroatoms. The van der Waals surface area contributed by atoms with E-state index in [1.165, 1.54) is 51.4 Å². The van der Waals surface area contributed by atoms with Crippen molar-refractivity contribution in [2.24, 2.45) is 0 Å². The molecule has 0 N–H and O–H groups in total. The van der Waals surface area contributed by atoms with Gasteiger partial charge in [0, 0.05) is 14.7 Å². The molecule has 27 heavy (non-hydrogen) atoms. The summed E-state index contributed by atoms with van der Waals surface area (Å²) in [6.07, 6.45) is 15.3. The average molecular weight is 466 g/mol. The molecule has 2 atom stereocenters. The van der Waals surface area contributed by atoms with Gasteiger partial charge in [0.25, 0.3) is 0 Å². The third kappa shape index (κ3) is 26.9. The van der Waals surface area contributed by atoms with Gasteiger partial charge in [-0.05, 0) is 37.5 Å². The van der Waals surface area contributed by atoms with Gasteiger partial charge in [0.15, 0.2) is 0 Å². The molecule has 0 aliphatic rings. The van der Waals surface area contributed by atoms with Crippen LogP contribution < -0.4 is 9.79 Å². The van der Waals surface area contributed by atoms with Crippen LogP contribution >= 0.6 is 14.7 Å². The van der Waals surface area contributed by atoms with Crippen LogP contribution in [0.25, 0.3) is 0 Å². The molecule has 0 aromatic carbocycles. The van der Waals surface area contributed by atoms with Crippen molar-refractivity contribution >= 4 is 14.7 Å². The summed E-state index contributed by atoms with van der Waals surface area (Å²) in [5.74, 6) is 0. The minimum absolute atomic E-state index is 0. The topological polar surface area (TPSA) is 80.3 Å². The average Bonchev–Trinajstić information content (AvgIpc) is 2.61. The Bertz CT molecular complexity index is 356. The fourth-order valence-corrected chi connectivity index (χ4v) is 4.63. The summed E-state index contributed by atoms with van der Waals surface area (Å²) >= 11 is 0. The summed E-state index contributed by atoms with van der Waals surface area (Å²) < 4.78 is 22.2. The Hall–Kier alpha value is 0.899. The van der Waals surface area contributed by atoms with Gasteiger partial charge in [-0.1, -0.05) is 91.9 Å². The van der Waals surface area contributed by atoms with Crippen LogP contribution in [-0.2, 0) is 26.2 Å². The van der Waals surface area contributed by atoms with E-state index in [-0.39, 0.29) is 17.1 Å². The van der Waals surface area contributed by atoms with E-state index in [2.05, 4.69) is 13.8 Å². The number of rotatable bonds is 16. The van der Waals surface area contributed by atoms with Gasteiger partial charge in [-0.3, -0.25) is 0 Å². The molecular formula is C20H44FeO4P2. The van der Waals surface area contributed by atoms with Crippen LogP contribution in [0.1, 0.15) is 105 Å². The SMILES string of the molecule is CCCCCCCCP(=O)([O-])CC.CCCCCCCCP(=O)([O-])CC.[Fe+2]. The molecule has 0 aromatic rings. The molecule has 0 saturated carbocycles. The second-order valence-corrected chi connectivity index (χ2v) is 12.7. The first-order valence-corrected chi connectivity index (χ1v) is 14.8. The molecule has 0 spiro atoms. The van der Waals surface area contributed by atoms with Crippen LogP contribution in [0.4, 0.5) is 0 Å². The van der Waals surface area contributed by atoms with Crippen LogP contribution in [0.15, 0.2) is 0 Å². The molecule has 2 unspecified atom stereocenters. The summed E-state index contributed by atoms with van der Waals surface area (Å²) in [4.78, 5) is 22.2. The maximum atomic E-state index is 11.1. The Kier molecular flexibility index (Phi) is 26.1. The van der Waals surface area contributed by atoms with Crippen LogP contribution in [-0.4, -0.2) is 24.6 Å². The summed E-state index contributed by atoms with van der Waals surface area (Å²) in [6.45, 7) is 7.82. The van der Waals surface area contributed by atoms with Gasteiger partial charge in [-0.15, -0.1) is 0 Å². The second-order valence-electron chi connectivity index (χ2n) is 7.24. The monoisotopic (exact) mass is 466 g/mol. The van der Waals surface area contributed by atoms with Gasteiger partial charge in [0.2, 0.25) is 0 Å². The van der Waals surface area contributed by atoms with Crippen molar-refractivity contribution in [1.82, 2.24) is 0 Å². The molecule has 0 aromatic heterocycles. The van der Waals surface area contributed by atoms with E-state index in [1.54, 1.807) is 13.8 Å². The van der Waals surface area contributed by atoms with Crippen LogP contribution in [0.2, 0.25) is 0 Å². The fourth-order valence-electron chi connectivity index (χ4n) is 2.58. The summed E-state index contributed by atoms with van der Waals surface area (Å²) in [7, 11) is -5.96. The molecule has 0 fully saturated rings. The Balaban J connectivity index is -0.000000411. The first-order chi connectivity index (χ1) is 12.2. The fraction of sp³-hybridized carbons (Fsp3) is 1.00. The number of hydrogen-bond donors (Lipinski definition) is 0. The van der Waals surface area contributed by atoms with E-state index in [9.17, 15) is 18.9 Å². The Morgan fingerprint density at radius 3 is 1.04 bits per heavy atom. The standard InChI is InChI=1S/2C10H23O2P.Fe/c2*1-3-5-6-7-8-9-10-13(11,12)4-2;/h2*3-10H2,1-2H3,(H,11,12);/q;;+2/p-2. The third-order valence-electron chi connectivity index (χ3n) is 4.67. The van der Waals surface area contributed by atoms with Crippen molar-refractivity contribution in [3.05, 3.63) is 0 Å². The summed E-state index contributed by atoms with van der Waals surface area (Å²) in [6, 6.07) is 0. The zero-order valence-electron chi connectivity index (χ0n) is 18.2. The maximum absolute atomic E-state index is 11.1.